The highest BCUT2D eigenvalue weighted by Gasteiger charge is 2.06. The van der Waals surface area contributed by atoms with Crippen molar-refractivity contribution in [1.29, 1.82) is 0 Å². The average molecular weight is 193 g/mol. The van der Waals surface area contributed by atoms with E-state index in [1.807, 2.05) is 6.92 Å². The summed E-state index contributed by atoms with van der Waals surface area (Å²) in [6.07, 6.45) is 1.99. The Morgan fingerprint density at radius 1 is 1.58 bits per heavy atom. The molecule has 0 bridgehead atoms. The predicted molar refractivity (Wildman–Crippen MR) is 47.1 cm³/mol. The highest BCUT2D eigenvalue weighted by Crippen LogP contribution is 2.02. The van der Waals surface area contributed by atoms with E-state index in [9.17, 15) is 4.79 Å². The van der Waals surface area contributed by atoms with Gasteiger partial charge in [0.1, 0.15) is 6.61 Å². The Balaban J connectivity index is 3.95. The van der Waals surface area contributed by atoms with E-state index >= 15 is 0 Å². The molecule has 0 aliphatic carbocycles. The number of methoxy groups -OCH3 is 1. The first-order valence-electron chi connectivity index (χ1n) is 3.71. The summed E-state index contributed by atoms with van der Waals surface area (Å²) in [5.41, 5.74) is 0.516. The van der Waals surface area contributed by atoms with Crippen molar-refractivity contribution in [3.63, 3.8) is 0 Å². The van der Waals surface area contributed by atoms with Crippen LogP contribution in [0.5, 0.6) is 0 Å². The minimum absolute atomic E-state index is 0.355. The van der Waals surface area contributed by atoms with Crippen LogP contribution in [0.4, 0.5) is 0 Å². The van der Waals surface area contributed by atoms with E-state index in [4.69, 9.17) is 16.3 Å². The third kappa shape index (κ3) is 4.23. The molecule has 0 aromatic carbocycles. The summed E-state index contributed by atoms with van der Waals surface area (Å²) in [4.78, 5) is 10.9. The Kier molecular flexibility index (Phi) is 6.57. The van der Waals surface area contributed by atoms with Crippen molar-refractivity contribution in [1.82, 2.24) is 0 Å². The van der Waals surface area contributed by atoms with Crippen LogP contribution in [-0.2, 0) is 14.3 Å². The molecule has 0 aliphatic heterocycles. The number of hydrogen-bond acceptors (Lipinski definition) is 3. The largest absolute Gasteiger partial charge is 0.499 e. The number of carbonyl (C=O) groups is 1. The van der Waals surface area contributed by atoms with E-state index in [1.165, 1.54) is 13.4 Å². The molecule has 0 atom stereocenters. The lowest BCUT2D eigenvalue weighted by Gasteiger charge is -2.02. The molecule has 0 spiro atoms. The monoisotopic (exact) mass is 192 g/mol. The fourth-order valence-electron chi connectivity index (χ4n) is 0.611. The zero-order chi connectivity index (χ0) is 9.40. The van der Waals surface area contributed by atoms with E-state index in [2.05, 4.69) is 4.74 Å². The van der Waals surface area contributed by atoms with E-state index in [0.29, 0.717) is 24.5 Å². The smallest absolute Gasteiger partial charge is 0.336 e. The van der Waals surface area contributed by atoms with Crippen molar-refractivity contribution >= 4 is 17.6 Å². The number of carbonyl (C=O) groups excluding carboxylic acids is 1. The second-order valence-corrected chi connectivity index (χ2v) is 2.43. The molecule has 0 amide bonds. The molecule has 0 aliphatic rings. The van der Waals surface area contributed by atoms with Gasteiger partial charge in [0.05, 0.1) is 24.8 Å². The first-order valence-corrected chi connectivity index (χ1v) is 4.24. The molecule has 0 rings (SSSR count). The quantitative estimate of drug-likeness (QED) is 0.219. The molecule has 0 heterocycles. The Hall–Kier alpha value is -0.700. The van der Waals surface area contributed by atoms with Crippen LogP contribution in [0.15, 0.2) is 11.8 Å². The van der Waals surface area contributed by atoms with Gasteiger partial charge >= 0.3 is 5.97 Å². The molecule has 4 heteroatoms. The van der Waals surface area contributed by atoms with Crippen LogP contribution in [0, 0.1) is 0 Å². The summed E-state index contributed by atoms with van der Waals surface area (Å²) >= 11 is 5.37. The minimum Gasteiger partial charge on any atom is -0.499 e. The van der Waals surface area contributed by atoms with Crippen LogP contribution >= 0.6 is 11.6 Å². The van der Waals surface area contributed by atoms with E-state index < -0.39 is 0 Å². The molecule has 0 saturated heterocycles. The van der Waals surface area contributed by atoms with Crippen LogP contribution in [0.1, 0.15) is 13.3 Å². The SMILES string of the molecule is CCC(=COCCCl)C(=O)OC. The second-order valence-electron chi connectivity index (χ2n) is 2.05. The van der Waals surface area contributed by atoms with E-state index in [1.54, 1.807) is 0 Å². The number of hydrogen-bond donors (Lipinski definition) is 0. The molecule has 0 radical (unpaired) electrons. The normalized spacial score (nSPS) is 11.1. The van der Waals surface area contributed by atoms with Gasteiger partial charge in [0, 0.05) is 0 Å². The summed E-state index contributed by atoms with van der Waals surface area (Å²) in [7, 11) is 1.34. The first kappa shape index (κ1) is 11.3. The van der Waals surface area contributed by atoms with Gasteiger partial charge in [-0.3, -0.25) is 0 Å². The van der Waals surface area contributed by atoms with Gasteiger partial charge in [-0.1, -0.05) is 6.92 Å². The molecule has 0 fully saturated rings. The van der Waals surface area contributed by atoms with Gasteiger partial charge in [-0.15, -0.1) is 11.6 Å². The van der Waals surface area contributed by atoms with Crippen molar-refractivity contribution in [3.05, 3.63) is 11.8 Å². The van der Waals surface area contributed by atoms with Gasteiger partial charge in [-0.2, -0.15) is 0 Å². The number of halogens is 1. The van der Waals surface area contributed by atoms with E-state index in [-0.39, 0.29) is 5.97 Å². The fourth-order valence-corrected chi connectivity index (χ4v) is 0.700. The Bertz CT molecular complexity index is 166. The van der Waals surface area contributed by atoms with Crippen molar-refractivity contribution in [2.45, 2.75) is 13.3 Å². The van der Waals surface area contributed by atoms with Gasteiger partial charge in [-0.05, 0) is 6.42 Å². The summed E-state index contributed by atoms with van der Waals surface area (Å²) in [5.74, 6) is 0.0568. The van der Waals surface area contributed by atoms with Gasteiger partial charge in [0.2, 0.25) is 0 Å². The predicted octanol–water partition coefficient (Wildman–Crippen LogP) is 1.71. The number of esters is 1. The lowest BCUT2D eigenvalue weighted by atomic mass is 10.2. The van der Waals surface area contributed by atoms with Gasteiger partial charge in [0.15, 0.2) is 0 Å². The molecule has 0 N–H and O–H groups in total. The van der Waals surface area contributed by atoms with Crippen LogP contribution in [0.3, 0.4) is 0 Å². The lowest BCUT2D eigenvalue weighted by molar-refractivity contribution is -0.136. The van der Waals surface area contributed by atoms with Crippen LogP contribution < -0.4 is 0 Å². The molecule has 0 aromatic rings. The molecular formula is C8H13ClO3. The number of alkyl halides is 1. The Labute approximate surface area is 77.3 Å². The topological polar surface area (TPSA) is 35.5 Å². The highest BCUT2D eigenvalue weighted by molar-refractivity contribution is 6.17. The molecular weight excluding hydrogens is 180 g/mol. The second kappa shape index (κ2) is 6.98. The zero-order valence-corrected chi connectivity index (χ0v) is 8.06. The van der Waals surface area contributed by atoms with Crippen molar-refractivity contribution in [3.8, 4) is 0 Å². The van der Waals surface area contributed by atoms with E-state index in [0.717, 1.165) is 0 Å². The van der Waals surface area contributed by atoms with Crippen LogP contribution in [0.25, 0.3) is 0 Å². The highest BCUT2D eigenvalue weighted by atomic mass is 35.5. The van der Waals surface area contributed by atoms with Gasteiger partial charge in [-0.25, -0.2) is 4.79 Å². The molecule has 0 saturated carbocycles. The van der Waals surface area contributed by atoms with Crippen molar-refractivity contribution in [2.75, 3.05) is 19.6 Å². The molecule has 3 nitrogen and oxygen atoms in total. The van der Waals surface area contributed by atoms with Gasteiger partial charge in [0.25, 0.3) is 0 Å². The maximum Gasteiger partial charge on any atom is 0.336 e. The third-order valence-corrected chi connectivity index (χ3v) is 1.40. The molecule has 0 unspecified atom stereocenters. The minimum atomic E-state index is -0.355. The summed E-state index contributed by atoms with van der Waals surface area (Å²) in [6.45, 7) is 2.26. The summed E-state index contributed by atoms with van der Waals surface area (Å²) < 4.78 is 9.48. The average Bonchev–Trinajstić information content (AvgIpc) is 2.11. The lowest BCUT2D eigenvalue weighted by Crippen LogP contribution is -2.04. The maximum atomic E-state index is 10.9. The molecule has 70 valence electrons. The van der Waals surface area contributed by atoms with Crippen LogP contribution in [-0.4, -0.2) is 25.6 Å². The zero-order valence-electron chi connectivity index (χ0n) is 7.30. The molecule has 12 heavy (non-hydrogen) atoms. The number of ether oxygens (including phenoxy) is 2. The van der Waals surface area contributed by atoms with Crippen molar-refractivity contribution in [2.24, 2.45) is 0 Å². The maximum absolute atomic E-state index is 10.9. The Morgan fingerprint density at radius 3 is 2.67 bits per heavy atom. The first-order chi connectivity index (χ1) is 5.76. The van der Waals surface area contributed by atoms with Crippen molar-refractivity contribution < 1.29 is 14.3 Å². The standard InChI is InChI=1S/C8H13ClO3/c1-3-7(8(10)11-2)6-12-5-4-9/h6H,3-5H2,1-2H3. The van der Waals surface area contributed by atoms with Gasteiger partial charge < -0.3 is 9.47 Å². The van der Waals surface area contributed by atoms with Crippen LogP contribution in [0.2, 0.25) is 0 Å². The molecule has 0 aromatic heterocycles. The Morgan fingerprint density at radius 2 is 2.25 bits per heavy atom. The summed E-state index contributed by atoms with van der Waals surface area (Å²) in [6, 6.07) is 0. The number of rotatable bonds is 5. The fraction of sp³-hybridized carbons (Fsp3) is 0.625. The summed E-state index contributed by atoms with van der Waals surface area (Å²) in [5, 5.41) is 0. The third-order valence-electron chi connectivity index (χ3n) is 1.25.